The summed E-state index contributed by atoms with van der Waals surface area (Å²) in [4.78, 5) is 30.2. The van der Waals surface area contributed by atoms with E-state index in [4.69, 9.17) is 11.6 Å². The third-order valence-corrected chi connectivity index (χ3v) is 6.99. The fourth-order valence-corrected chi connectivity index (χ4v) is 4.83. The lowest BCUT2D eigenvalue weighted by Gasteiger charge is -2.18. The van der Waals surface area contributed by atoms with Gasteiger partial charge in [0.1, 0.15) is 11.7 Å². The predicted octanol–water partition coefficient (Wildman–Crippen LogP) is 0.785. The zero-order valence-electron chi connectivity index (χ0n) is 18.2. The normalized spacial score (nSPS) is 13.2. The highest BCUT2D eigenvalue weighted by atomic mass is 35.5. The summed E-state index contributed by atoms with van der Waals surface area (Å²) in [5.74, 6) is -0.323. The van der Waals surface area contributed by atoms with Gasteiger partial charge < -0.3 is 15.5 Å². The van der Waals surface area contributed by atoms with Crippen LogP contribution in [0.25, 0.3) is 0 Å². The molecule has 0 spiro atoms. The molecule has 2 aromatic carbocycles. The summed E-state index contributed by atoms with van der Waals surface area (Å²) in [6, 6.07) is 13.9. The summed E-state index contributed by atoms with van der Waals surface area (Å²) in [6.45, 7) is 1.57. The maximum atomic E-state index is 12.3. The van der Waals surface area contributed by atoms with Crippen molar-refractivity contribution in [1.82, 2.24) is 20.9 Å². The van der Waals surface area contributed by atoms with Crippen LogP contribution in [0.5, 0.6) is 0 Å². The van der Waals surface area contributed by atoms with Gasteiger partial charge in [-0.1, -0.05) is 48.0 Å². The number of amidine groups is 1. The monoisotopic (exact) mass is 491 g/mol. The van der Waals surface area contributed by atoms with Gasteiger partial charge in [0.2, 0.25) is 11.8 Å². The molecule has 0 bridgehead atoms. The number of aliphatic imine (C=N–C) groups is 1. The number of carbonyl (C=O) groups is 2. The Labute approximate surface area is 198 Å². The van der Waals surface area contributed by atoms with Gasteiger partial charge in [0.25, 0.3) is 0 Å². The molecule has 2 aromatic rings. The van der Waals surface area contributed by atoms with E-state index in [2.05, 4.69) is 20.9 Å². The molecule has 1 heterocycles. The van der Waals surface area contributed by atoms with E-state index in [-0.39, 0.29) is 28.9 Å². The summed E-state index contributed by atoms with van der Waals surface area (Å²) in [6.07, 6.45) is 0. The highest BCUT2D eigenvalue weighted by Gasteiger charge is 2.18. The number of carbonyl (C=O) groups excluding carboxylic acids is 2. The Morgan fingerprint density at radius 3 is 2.52 bits per heavy atom. The average Bonchev–Trinajstić information content (AvgIpc) is 3.33. The van der Waals surface area contributed by atoms with Gasteiger partial charge in [0, 0.05) is 25.7 Å². The van der Waals surface area contributed by atoms with Crippen LogP contribution in [0.1, 0.15) is 11.1 Å². The Bertz CT molecular complexity index is 1140. The van der Waals surface area contributed by atoms with Crippen LogP contribution in [0.3, 0.4) is 0 Å². The molecular formula is C22H26ClN5O4S. The summed E-state index contributed by atoms with van der Waals surface area (Å²) in [5.41, 5.74) is 1.95. The Kier molecular flexibility index (Phi) is 8.43. The molecule has 1 aliphatic rings. The second kappa shape index (κ2) is 11.3. The number of hydrogen-bond acceptors (Lipinski definition) is 7. The van der Waals surface area contributed by atoms with Crippen LogP contribution in [0, 0.1) is 0 Å². The number of nitrogens with one attached hydrogen (secondary N) is 3. The number of likely N-dealkylation sites (N-methyl/N-ethyl adjacent to an activating group) is 1. The van der Waals surface area contributed by atoms with Crippen molar-refractivity contribution in [3.8, 4) is 0 Å². The molecule has 0 saturated carbocycles. The van der Waals surface area contributed by atoms with Crippen molar-refractivity contribution in [3.63, 3.8) is 0 Å². The molecule has 0 aliphatic carbocycles. The summed E-state index contributed by atoms with van der Waals surface area (Å²) in [5, 5.41) is 8.40. The summed E-state index contributed by atoms with van der Waals surface area (Å²) in [7, 11) is -2.03. The minimum Gasteiger partial charge on any atom is -0.368 e. The molecule has 0 fully saturated rings. The first-order valence-electron chi connectivity index (χ1n) is 10.3. The Hall–Kier alpha value is -2.95. The zero-order valence-corrected chi connectivity index (χ0v) is 19.7. The molecule has 1 aliphatic heterocycles. The second-order valence-electron chi connectivity index (χ2n) is 7.50. The van der Waals surface area contributed by atoms with Crippen molar-refractivity contribution in [1.29, 1.82) is 0 Å². The van der Waals surface area contributed by atoms with Crippen molar-refractivity contribution in [2.24, 2.45) is 4.99 Å². The molecule has 176 valence electrons. The fraction of sp³-hybridized carbons (Fsp3) is 0.318. The van der Waals surface area contributed by atoms with Crippen LogP contribution in [0.4, 0.5) is 0 Å². The lowest BCUT2D eigenvalue weighted by atomic mass is 10.1. The molecule has 3 N–H and O–H groups in total. The van der Waals surface area contributed by atoms with Crippen LogP contribution >= 0.6 is 11.6 Å². The number of sulfone groups is 1. The van der Waals surface area contributed by atoms with Crippen LogP contribution in [0.15, 0.2) is 58.4 Å². The third kappa shape index (κ3) is 7.01. The highest BCUT2D eigenvalue weighted by molar-refractivity contribution is 7.91. The topological polar surface area (TPSA) is 120 Å². The van der Waals surface area contributed by atoms with E-state index >= 15 is 0 Å². The van der Waals surface area contributed by atoms with Crippen molar-refractivity contribution < 1.29 is 18.0 Å². The number of hydrogen-bond donors (Lipinski definition) is 3. The van der Waals surface area contributed by atoms with Crippen molar-refractivity contribution in [2.75, 3.05) is 39.1 Å². The van der Waals surface area contributed by atoms with Gasteiger partial charge in [0.05, 0.1) is 29.6 Å². The molecule has 2 amide bonds. The molecule has 11 heteroatoms. The Morgan fingerprint density at radius 2 is 1.85 bits per heavy atom. The van der Waals surface area contributed by atoms with Crippen LogP contribution in [-0.2, 0) is 26.0 Å². The quantitative estimate of drug-likeness (QED) is 0.452. The van der Waals surface area contributed by atoms with Gasteiger partial charge in [0.15, 0.2) is 9.84 Å². The molecule has 33 heavy (non-hydrogen) atoms. The van der Waals surface area contributed by atoms with Crippen molar-refractivity contribution in [3.05, 3.63) is 64.7 Å². The van der Waals surface area contributed by atoms with Crippen molar-refractivity contribution in [2.45, 2.75) is 11.4 Å². The van der Waals surface area contributed by atoms with E-state index in [1.54, 1.807) is 19.2 Å². The molecule has 0 saturated heterocycles. The van der Waals surface area contributed by atoms with Gasteiger partial charge >= 0.3 is 0 Å². The molecule has 3 rings (SSSR count). The van der Waals surface area contributed by atoms with E-state index in [0.29, 0.717) is 6.54 Å². The maximum absolute atomic E-state index is 12.3. The van der Waals surface area contributed by atoms with E-state index in [9.17, 15) is 18.0 Å². The smallest absolute Gasteiger partial charge is 0.242 e. The van der Waals surface area contributed by atoms with Crippen molar-refractivity contribution >= 4 is 39.1 Å². The van der Waals surface area contributed by atoms with Gasteiger partial charge in [-0.3, -0.25) is 19.9 Å². The standard InChI is InChI=1S/C22H26ClN5O4S/c1-28(14-16-6-8-17(9-7-16)22-25-10-11-26-22)21(30)13-27-20(29)12-24-15-33(31,32)19-5-3-2-4-18(19)23/h2-9,24H,10-15H2,1H3,(H,25,26)(H,27,29). The lowest BCUT2D eigenvalue weighted by molar-refractivity contribution is -0.132. The molecule has 0 atom stereocenters. The van der Waals surface area contributed by atoms with Gasteiger partial charge in [-0.25, -0.2) is 8.42 Å². The largest absolute Gasteiger partial charge is 0.368 e. The minimum atomic E-state index is -3.68. The van der Waals surface area contributed by atoms with E-state index in [1.807, 2.05) is 24.3 Å². The van der Waals surface area contributed by atoms with Gasteiger partial charge in [-0.15, -0.1) is 0 Å². The lowest BCUT2D eigenvalue weighted by Crippen LogP contribution is -2.42. The van der Waals surface area contributed by atoms with Gasteiger partial charge in [-0.2, -0.15) is 0 Å². The predicted molar refractivity (Wildman–Crippen MR) is 127 cm³/mol. The number of benzene rings is 2. The molecule has 9 nitrogen and oxygen atoms in total. The SMILES string of the molecule is CN(Cc1ccc(C2=NCCN2)cc1)C(=O)CNC(=O)CNCS(=O)(=O)c1ccccc1Cl. The molecule has 0 unspecified atom stereocenters. The van der Waals surface area contributed by atoms with Crippen LogP contribution in [-0.4, -0.2) is 70.1 Å². The van der Waals surface area contributed by atoms with E-state index in [1.165, 1.54) is 17.0 Å². The van der Waals surface area contributed by atoms with Crippen LogP contribution in [0.2, 0.25) is 5.02 Å². The number of rotatable bonds is 10. The molecular weight excluding hydrogens is 466 g/mol. The molecule has 0 aromatic heterocycles. The maximum Gasteiger partial charge on any atom is 0.242 e. The first kappa shape index (κ1) is 24.7. The average molecular weight is 492 g/mol. The zero-order chi connectivity index (χ0) is 23.8. The Morgan fingerprint density at radius 1 is 1.12 bits per heavy atom. The van der Waals surface area contributed by atoms with E-state index < -0.39 is 21.6 Å². The second-order valence-corrected chi connectivity index (χ2v) is 9.86. The summed E-state index contributed by atoms with van der Waals surface area (Å²) < 4.78 is 24.6. The first-order chi connectivity index (χ1) is 15.8. The fourth-order valence-electron chi connectivity index (χ4n) is 3.17. The summed E-state index contributed by atoms with van der Waals surface area (Å²) >= 11 is 5.92. The minimum absolute atomic E-state index is 0.00287. The third-order valence-electron chi connectivity index (χ3n) is 4.93. The first-order valence-corrected chi connectivity index (χ1v) is 12.4. The highest BCUT2D eigenvalue weighted by Crippen LogP contribution is 2.21. The number of amides is 2. The number of halogens is 1. The Balaban J connectivity index is 1.39. The molecule has 0 radical (unpaired) electrons. The van der Waals surface area contributed by atoms with Crippen LogP contribution < -0.4 is 16.0 Å². The van der Waals surface area contributed by atoms with E-state index in [0.717, 1.165) is 30.1 Å². The number of nitrogens with zero attached hydrogens (tertiary/aromatic N) is 2. The van der Waals surface area contributed by atoms with Gasteiger partial charge in [-0.05, 0) is 17.7 Å².